The first-order valence-corrected chi connectivity index (χ1v) is 9.92. The Bertz CT molecular complexity index is 950. The van der Waals surface area contributed by atoms with Gasteiger partial charge in [0.25, 0.3) is 0 Å². The molecule has 1 fully saturated rings. The number of hydrogen-bond donors (Lipinski definition) is 1. The number of aryl methyl sites for hydroxylation is 1. The summed E-state index contributed by atoms with van der Waals surface area (Å²) in [7, 11) is 0. The average molecular weight is 342 g/mol. The Morgan fingerprint density at radius 2 is 1.73 bits per heavy atom. The van der Waals surface area contributed by atoms with Gasteiger partial charge in [0.05, 0.1) is 5.52 Å². The second-order valence-electron chi connectivity index (χ2n) is 8.33. The Balaban J connectivity index is 1.54. The van der Waals surface area contributed by atoms with Crippen LogP contribution in [-0.2, 0) is 19.4 Å². The molecule has 0 bridgehead atoms. The molecule has 2 aromatic carbocycles. The van der Waals surface area contributed by atoms with Crippen LogP contribution in [0.15, 0.2) is 48.5 Å². The molecule has 0 unspecified atom stereocenters. The van der Waals surface area contributed by atoms with Gasteiger partial charge in [-0.2, -0.15) is 0 Å². The zero-order valence-corrected chi connectivity index (χ0v) is 15.5. The van der Waals surface area contributed by atoms with Crippen molar-refractivity contribution in [1.82, 2.24) is 4.98 Å². The summed E-state index contributed by atoms with van der Waals surface area (Å²) in [5.74, 6) is 0. The molecular formula is C24H26N2. The molecule has 1 aromatic heterocycles. The van der Waals surface area contributed by atoms with Crippen LogP contribution in [0.1, 0.15) is 48.1 Å². The molecule has 2 aliphatic carbocycles. The molecule has 0 radical (unpaired) electrons. The van der Waals surface area contributed by atoms with E-state index in [0.717, 1.165) is 12.1 Å². The summed E-state index contributed by atoms with van der Waals surface area (Å²) < 4.78 is 0. The van der Waals surface area contributed by atoms with Crippen LogP contribution in [0.25, 0.3) is 10.9 Å². The molecule has 26 heavy (non-hydrogen) atoms. The predicted molar refractivity (Wildman–Crippen MR) is 109 cm³/mol. The van der Waals surface area contributed by atoms with Gasteiger partial charge >= 0.3 is 0 Å². The Hall–Kier alpha value is -2.35. The van der Waals surface area contributed by atoms with Crippen molar-refractivity contribution in [2.45, 2.75) is 52.0 Å². The number of anilines is 1. The fraction of sp³-hybridized carbons (Fsp3) is 0.375. The first-order chi connectivity index (χ1) is 12.7. The second kappa shape index (κ2) is 6.12. The lowest BCUT2D eigenvalue weighted by Crippen LogP contribution is -2.16. The van der Waals surface area contributed by atoms with Gasteiger partial charge in [-0.05, 0) is 55.2 Å². The minimum Gasteiger partial charge on any atom is -0.380 e. The van der Waals surface area contributed by atoms with Crippen molar-refractivity contribution in [1.29, 1.82) is 0 Å². The zero-order chi connectivity index (χ0) is 17.6. The Morgan fingerprint density at radius 3 is 2.54 bits per heavy atom. The average Bonchev–Trinajstić information content (AvgIpc) is 3.26. The SMILES string of the molecule is Cc1ccc(CNc2c3c(nc4ccccc24)CC2(CCCC2)C3)cc1. The lowest BCUT2D eigenvalue weighted by atomic mass is 9.83. The van der Waals surface area contributed by atoms with E-state index in [2.05, 4.69) is 60.8 Å². The molecule has 1 N–H and O–H groups in total. The maximum absolute atomic E-state index is 5.06. The number of benzene rings is 2. The van der Waals surface area contributed by atoms with Crippen LogP contribution >= 0.6 is 0 Å². The molecule has 2 heteroatoms. The number of aromatic nitrogens is 1. The molecule has 0 amide bonds. The van der Waals surface area contributed by atoms with E-state index in [9.17, 15) is 0 Å². The normalized spacial score (nSPS) is 17.7. The maximum atomic E-state index is 5.06. The molecule has 1 saturated carbocycles. The highest BCUT2D eigenvalue weighted by atomic mass is 14.9. The van der Waals surface area contributed by atoms with Crippen LogP contribution in [0.5, 0.6) is 0 Å². The highest BCUT2D eigenvalue weighted by Gasteiger charge is 2.41. The van der Waals surface area contributed by atoms with Gasteiger partial charge in [-0.3, -0.25) is 4.98 Å². The molecule has 132 valence electrons. The third-order valence-corrected chi connectivity index (χ3v) is 6.43. The van der Waals surface area contributed by atoms with Crippen LogP contribution in [0.4, 0.5) is 5.69 Å². The topological polar surface area (TPSA) is 24.9 Å². The number of para-hydroxylation sites is 1. The minimum absolute atomic E-state index is 0.493. The van der Waals surface area contributed by atoms with Gasteiger partial charge in [0.1, 0.15) is 0 Å². The number of pyridine rings is 1. The third kappa shape index (κ3) is 2.68. The van der Waals surface area contributed by atoms with Gasteiger partial charge in [0, 0.05) is 23.3 Å². The first kappa shape index (κ1) is 15.9. The molecule has 1 spiro atoms. The first-order valence-electron chi connectivity index (χ1n) is 9.92. The van der Waals surface area contributed by atoms with Crippen molar-refractivity contribution in [2.24, 2.45) is 5.41 Å². The summed E-state index contributed by atoms with van der Waals surface area (Å²) in [4.78, 5) is 5.06. The van der Waals surface area contributed by atoms with Crippen LogP contribution in [0, 0.1) is 12.3 Å². The fourth-order valence-electron chi connectivity index (χ4n) is 5.01. The number of rotatable bonds is 3. The Kier molecular flexibility index (Phi) is 3.74. The van der Waals surface area contributed by atoms with Crippen molar-refractivity contribution in [2.75, 3.05) is 5.32 Å². The smallest absolute Gasteiger partial charge is 0.0726 e. The van der Waals surface area contributed by atoms with Crippen LogP contribution in [0.3, 0.4) is 0 Å². The molecule has 2 nitrogen and oxygen atoms in total. The standard InChI is InChI=1S/C24H26N2/c1-17-8-10-18(11-9-17)16-25-23-19-6-2-3-7-21(19)26-22-15-24(14-20(22)23)12-4-5-13-24/h2-3,6-11H,4-5,12-16H2,1H3,(H,25,26). The van der Waals surface area contributed by atoms with Crippen molar-refractivity contribution in [3.05, 3.63) is 70.9 Å². The van der Waals surface area contributed by atoms with Crippen molar-refractivity contribution < 1.29 is 0 Å². The van der Waals surface area contributed by atoms with E-state index in [1.807, 2.05) is 0 Å². The van der Waals surface area contributed by atoms with Gasteiger partial charge in [-0.25, -0.2) is 0 Å². The van der Waals surface area contributed by atoms with Gasteiger partial charge in [0.15, 0.2) is 0 Å². The maximum Gasteiger partial charge on any atom is 0.0726 e. The third-order valence-electron chi connectivity index (χ3n) is 6.43. The molecule has 3 aromatic rings. The Morgan fingerprint density at radius 1 is 0.962 bits per heavy atom. The van der Waals surface area contributed by atoms with Gasteiger partial charge in [0.2, 0.25) is 0 Å². The summed E-state index contributed by atoms with van der Waals surface area (Å²) in [6.45, 7) is 3.01. The second-order valence-corrected chi connectivity index (χ2v) is 8.33. The number of fused-ring (bicyclic) bond motifs is 2. The van der Waals surface area contributed by atoms with E-state index in [-0.39, 0.29) is 0 Å². The summed E-state index contributed by atoms with van der Waals surface area (Å²) in [6, 6.07) is 17.5. The molecule has 0 aliphatic heterocycles. The number of nitrogens with zero attached hydrogens (tertiary/aromatic N) is 1. The van der Waals surface area contributed by atoms with E-state index < -0.39 is 0 Å². The van der Waals surface area contributed by atoms with E-state index in [4.69, 9.17) is 4.98 Å². The number of nitrogens with one attached hydrogen (secondary N) is 1. The van der Waals surface area contributed by atoms with E-state index >= 15 is 0 Å². The van der Waals surface area contributed by atoms with E-state index in [0.29, 0.717) is 5.41 Å². The zero-order valence-electron chi connectivity index (χ0n) is 15.5. The molecule has 0 saturated heterocycles. The Labute approximate surface area is 155 Å². The highest BCUT2D eigenvalue weighted by Crippen LogP contribution is 2.50. The van der Waals surface area contributed by atoms with Crippen molar-refractivity contribution in [3.8, 4) is 0 Å². The number of hydrogen-bond acceptors (Lipinski definition) is 2. The van der Waals surface area contributed by atoms with Crippen LogP contribution in [-0.4, -0.2) is 4.98 Å². The summed E-state index contributed by atoms with van der Waals surface area (Å²) in [6.07, 6.45) is 7.90. The fourth-order valence-corrected chi connectivity index (χ4v) is 5.01. The summed E-state index contributed by atoms with van der Waals surface area (Å²) in [5.41, 5.74) is 8.43. The van der Waals surface area contributed by atoms with E-state index in [1.165, 1.54) is 72.0 Å². The van der Waals surface area contributed by atoms with Crippen LogP contribution < -0.4 is 5.32 Å². The lowest BCUT2D eigenvalue weighted by Gasteiger charge is -2.21. The monoisotopic (exact) mass is 342 g/mol. The molecule has 1 heterocycles. The summed E-state index contributed by atoms with van der Waals surface area (Å²) >= 11 is 0. The molecule has 0 atom stereocenters. The van der Waals surface area contributed by atoms with E-state index in [1.54, 1.807) is 0 Å². The lowest BCUT2D eigenvalue weighted by molar-refractivity contribution is 0.316. The van der Waals surface area contributed by atoms with Crippen LogP contribution in [0.2, 0.25) is 0 Å². The predicted octanol–water partition coefficient (Wildman–Crippen LogP) is 5.81. The summed E-state index contributed by atoms with van der Waals surface area (Å²) in [5, 5.41) is 5.06. The largest absolute Gasteiger partial charge is 0.380 e. The molecule has 5 rings (SSSR count). The van der Waals surface area contributed by atoms with Gasteiger partial charge in [-0.1, -0.05) is 60.9 Å². The molecule has 2 aliphatic rings. The van der Waals surface area contributed by atoms with Crippen molar-refractivity contribution in [3.63, 3.8) is 0 Å². The minimum atomic E-state index is 0.493. The molecular weight excluding hydrogens is 316 g/mol. The quantitative estimate of drug-likeness (QED) is 0.649. The highest BCUT2D eigenvalue weighted by molar-refractivity contribution is 5.93. The van der Waals surface area contributed by atoms with Crippen molar-refractivity contribution >= 4 is 16.6 Å². The van der Waals surface area contributed by atoms with Gasteiger partial charge < -0.3 is 5.32 Å². The van der Waals surface area contributed by atoms with Gasteiger partial charge in [-0.15, -0.1) is 0 Å².